The van der Waals surface area contributed by atoms with Crippen LogP contribution < -0.4 is 10.2 Å². The largest absolute Gasteiger partial charge is 0.394 e. The molecule has 3 rings (SSSR count). The molecule has 1 saturated carbocycles. The smallest absolute Gasteiger partial charge is 0.0981 e. The van der Waals surface area contributed by atoms with Crippen LogP contribution in [0.2, 0.25) is 5.02 Å². The van der Waals surface area contributed by atoms with Crippen LogP contribution in [-0.2, 0) is 11.3 Å². The molecular formula is C16H23ClN2O2. The first-order valence-electron chi connectivity index (χ1n) is 7.69. The lowest BCUT2D eigenvalue weighted by Crippen LogP contribution is -2.50. The van der Waals surface area contributed by atoms with Crippen molar-refractivity contribution in [2.45, 2.75) is 44.5 Å². The Balaban J connectivity index is 1.83. The summed E-state index contributed by atoms with van der Waals surface area (Å²) in [4.78, 5) is 2.27. The molecule has 2 aliphatic rings. The maximum absolute atomic E-state index is 9.37. The van der Waals surface area contributed by atoms with E-state index in [0.29, 0.717) is 19.2 Å². The molecule has 0 amide bonds. The van der Waals surface area contributed by atoms with Crippen LogP contribution in [0.4, 0.5) is 5.69 Å². The molecule has 0 radical (unpaired) electrons. The highest BCUT2D eigenvalue weighted by atomic mass is 35.5. The Morgan fingerprint density at radius 2 is 2.24 bits per heavy atom. The van der Waals surface area contributed by atoms with E-state index < -0.39 is 0 Å². The lowest BCUT2D eigenvalue weighted by Gasteiger charge is -2.40. The number of hydrogen-bond donors (Lipinski definition) is 2. The predicted octanol–water partition coefficient (Wildman–Crippen LogP) is 2.18. The van der Waals surface area contributed by atoms with Gasteiger partial charge in [0.15, 0.2) is 0 Å². The number of nitrogens with zero attached hydrogens (tertiary/aromatic N) is 1. The summed E-state index contributed by atoms with van der Waals surface area (Å²) >= 11 is 6.48. The Hall–Kier alpha value is -0.810. The van der Waals surface area contributed by atoms with Crippen molar-refractivity contribution in [2.24, 2.45) is 0 Å². The number of nitrogens with one attached hydrogen (secondary N) is 1. The van der Waals surface area contributed by atoms with Gasteiger partial charge >= 0.3 is 0 Å². The van der Waals surface area contributed by atoms with Gasteiger partial charge < -0.3 is 20.1 Å². The van der Waals surface area contributed by atoms with E-state index in [0.717, 1.165) is 17.3 Å². The summed E-state index contributed by atoms with van der Waals surface area (Å²) in [5.74, 6) is 0. The maximum Gasteiger partial charge on any atom is 0.0981 e. The molecule has 0 bridgehead atoms. The number of benzene rings is 1. The van der Waals surface area contributed by atoms with Gasteiger partial charge in [0.2, 0.25) is 0 Å². The molecule has 4 nitrogen and oxygen atoms in total. The highest BCUT2D eigenvalue weighted by molar-refractivity contribution is 6.33. The lowest BCUT2D eigenvalue weighted by atomic mass is 10.1. The molecule has 5 heteroatoms. The van der Waals surface area contributed by atoms with Gasteiger partial charge in [0.25, 0.3) is 0 Å². The van der Waals surface area contributed by atoms with Crippen LogP contribution in [0.1, 0.15) is 25.3 Å². The van der Waals surface area contributed by atoms with E-state index in [1.54, 1.807) is 0 Å². The molecule has 1 saturated heterocycles. The van der Waals surface area contributed by atoms with Crippen LogP contribution in [0, 0.1) is 0 Å². The number of anilines is 1. The van der Waals surface area contributed by atoms with Gasteiger partial charge in [0.05, 0.1) is 30.0 Å². The number of ether oxygens (including phenoxy) is 1. The molecule has 2 atom stereocenters. The van der Waals surface area contributed by atoms with Gasteiger partial charge in [-0.25, -0.2) is 0 Å². The summed E-state index contributed by atoms with van der Waals surface area (Å²) in [6.45, 7) is 4.32. The Morgan fingerprint density at radius 1 is 1.43 bits per heavy atom. The summed E-state index contributed by atoms with van der Waals surface area (Å²) in [5.41, 5.74) is 2.31. The van der Waals surface area contributed by atoms with E-state index in [2.05, 4.69) is 23.2 Å². The van der Waals surface area contributed by atoms with Gasteiger partial charge in [0, 0.05) is 25.2 Å². The van der Waals surface area contributed by atoms with Gasteiger partial charge in [-0.05, 0) is 31.4 Å². The lowest BCUT2D eigenvalue weighted by molar-refractivity contribution is -0.0103. The summed E-state index contributed by atoms with van der Waals surface area (Å²) < 4.78 is 5.63. The van der Waals surface area contributed by atoms with Crippen molar-refractivity contribution in [3.63, 3.8) is 0 Å². The molecule has 1 aliphatic carbocycles. The third-order valence-electron chi connectivity index (χ3n) is 4.23. The number of para-hydroxylation sites is 1. The number of morpholine rings is 1. The molecule has 1 aromatic carbocycles. The molecule has 1 heterocycles. The van der Waals surface area contributed by atoms with Crippen molar-refractivity contribution in [1.82, 2.24) is 5.32 Å². The zero-order valence-electron chi connectivity index (χ0n) is 12.4. The number of aliphatic hydroxyl groups is 1. The SMILES string of the molecule is CC1COC(CO)CN1c1c(Cl)cccc1CNC1CC1. The van der Waals surface area contributed by atoms with Crippen LogP contribution in [0.3, 0.4) is 0 Å². The third-order valence-corrected chi connectivity index (χ3v) is 4.53. The monoisotopic (exact) mass is 310 g/mol. The van der Waals surface area contributed by atoms with Gasteiger partial charge in [0.1, 0.15) is 0 Å². The fraction of sp³-hybridized carbons (Fsp3) is 0.625. The number of hydrogen-bond acceptors (Lipinski definition) is 4. The summed E-state index contributed by atoms with van der Waals surface area (Å²) in [6.07, 6.45) is 2.41. The average Bonchev–Trinajstić information content (AvgIpc) is 3.30. The second kappa shape index (κ2) is 6.53. The van der Waals surface area contributed by atoms with Crippen molar-refractivity contribution >= 4 is 17.3 Å². The topological polar surface area (TPSA) is 44.7 Å². The summed E-state index contributed by atoms with van der Waals surface area (Å²) in [6, 6.07) is 7.00. The molecule has 0 spiro atoms. The highest BCUT2D eigenvalue weighted by Gasteiger charge is 2.29. The van der Waals surface area contributed by atoms with Crippen molar-refractivity contribution in [1.29, 1.82) is 0 Å². The van der Waals surface area contributed by atoms with Gasteiger partial charge in [-0.1, -0.05) is 23.7 Å². The van der Waals surface area contributed by atoms with Crippen molar-refractivity contribution in [3.8, 4) is 0 Å². The Kier molecular flexibility index (Phi) is 4.69. The van der Waals surface area contributed by atoms with Crippen LogP contribution in [0.15, 0.2) is 18.2 Å². The van der Waals surface area contributed by atoms with E-state index >= 15 is 0 Å². The first-order chi connectivity index (χ1) is 10.2. The standard InChI is InChI=1S/C16H23ClN2O2/c1-11-10-21-14(9-20)8-19(11)16-12(3-2-4-15(16)17)7-18-13-5-6-13/h2-4,11,13-14,18,20H,5-10H2,1H3. The average molecular weight is 311 g/mol. The maximum atomic E-state index is 9.37. The third kappa shape index (κ3) is 3.51. The first-order valence-corrected chi connectivity index (χ1v) is 8.06. The fourth-order valence-electron chi connectivity index (χ4n) is 2.81. The van der Waals surface area contributed by atoms with Crippen LogP contribution >= 0.6 is 11.6 Å². The molecular weight excluding hydrogens is 288 g/mol. The van der Waals surface area contributed by atoms with E-state index in [1.807, 2.05) is 12.1 Å². The van der Waals surface area contributed by atoms with Crippen LogP contribution in [0.25, 0.3) is 0 Å². The highest BCUT2D eigenvalue weighted by Crippen LogP contribution is 2.33. The Labute approximate surface area is 131 Å². The molecule has 1 aliphatic heterocycles. The molecule has 2 N–H and O–H groups in total. The van der Waals surface area contributed by atoms with Gasteiger partial charge in [-0.3, -0.25) is 0 Å². The van der Waals surface area contributed by atoms with Gasteiger partial charge in [-0.2, -0.15) is 0 Å². The normalized spacial score (nSPS) is 26.1. The predicted molar refractivity (Wildman–Crippen MR) is 84.9 cm³/mol. The van der Waals surface area contributed by atoms with Gasteiger partial charge in [-0.15, -0.1) is 0 Å². The fourth-order valence-corrected chi connectivity index (χ4v) is 3.11. The Bertz CT molecular complexity index is 493. The second-order valence-corrected chi connectivity index (χ2v) is 6.45. The molecule has 116 valence electrons. The van der Waals surface area contributed by atoms with Crippen molar-refractivity contribution in [2.75, 3.05) is 24.7 Å². The molecule has 1 aromatic rings. The van der Waals surface area contributed by atoms with E-state index in [4.69, 9.17) is 16.3 Å². The molecule has 2 unspecified atom stereocenters. The zero-order valence-corrected chi connectivity index (χ0v) is 13.1. The van der Waals surface area contributed by atoms with Crippen LogP contribution in [0.5, 0.6) is 0 Å². The van der Waals surface area contributed by atoms with E-state index in [9.17, 15) is 5.11 Å². The molecule has 2 fully saturated rings. The minimum absolute atomic E-state index is 0.0450. The number of rotatable bonds is 5. The van der Waals surface area contributed by atoms with E-state index in [-0.39, 0.29) is 18.8 Å². The van der Waals surface area contributed by atoms with Crippen molar-refractivity contribution < 1.29 is 9.84 Å². The van der Waals surface area contributed by atoms with Crippen molar-refractivity contribution in [3.05, 3.63) is 28.8 Å². The first kappa shape index (κ1) is 15.1. The number of aliphatic hydroxyl groups excluding tert-OH is 1. The summed E-state index contributed by atoms with van der Waals surface area (Å²) in [7, 11) is 0. The summed E-state index contributed by atoms with van der Waals surface area (Å²) in [5, 5.41) is 13.7. The van der Waals surface area contributed by atoms with Crippen LogP contribution in [-0.4, -0.2) is 43.1 Å². The zero-order chi connectivity index (χ0) is 14.8. The quantitative estimate of drug-likeness (QED) is 0.875. The minimum atomic E-state index is -0.137. The minimum Gasteiger partial charge on any atom is -0.394 e. The van der Waals surface area contributed by atoms with E-state index in [1.165, 1.54) is 18.4 Å². The molecule has 21 heavy (non-hydrogen) atoms. The second-order valence-electron chi connectivity index (χ2n) is 6.04. The number of halogens is 1. The molecule has 0 aromatic heterocycles. The Morgan fingerprint density at radius 3 is 2.95 bits per heavy atom.